The summed E-state index contributed by atoms with van der Waals surface area (Å²) >= 11 is 0. The number of quaternary nitrogens is 1. The van der Waals surface area contributed by atoms with Crippen LogP contribution in [0.4, 0.5) is 0 Å². The van der Waals surface area contributed by atoms with Crippen LogP contribution in [0.5, 0.6) is 0 Å². The minimum Gasteiger partial charge on any atom is -0.614 e. The number of aliphatic hydroxyl groups is 1. The Morgan fingerprint density at radius 2 is 2.43 bits per heavy atom. The lowest BCUT2D eigenvalue weighted by molar-refractivity contribution is -0.747. The molecule has 0 aliphatic rings. The molecule has 44 valence electrons. The Morgan fingerprint density at radius 1 is 1.86 bits per heavy atom. The van der Waals surface area contributed by atoms with E-state index in [1.165, 1.54) is 5.01 Å². The summed E-state index contributed by atoms with van der Waals surface area (Å²) in [6.45, 7) is 0.457. The second-order valence-electron chi connectivity index (χ2n) is 1.31. The summed E-state index contributed by atoms with van der Waals surface area (Å²) in [4.78, 5) is 0. The summed E-state index contributed by atoms with van der Waals surface area (Å²) in [6.07, 6.45) is 0. The van der Waals surface area contributed by atoms with E-state index in [-0.39, 0.29) is 6.61 Å². The molecule has 0 radical (unpaired) electrons. The lowest BCUT2D eigenvalue weighted by Gasteiger charge is -2.12. The Hall–Kier alpha value is -0.160. The maximum Gasteiger partial charge on any atom is 0.0705 e. The second-order valence-corrected chi connectivity index (χ2v) is 1.31. The zero-order valence-corrected chi connectivity index (χ0v) is 4.29. The van der Waals surface area contributed by atoms with Gasteiger partial charge >= 0.3 is 0 Å². The largest absolute Gasteiger partial charge is 0.614 e. The highest BCUT2D eigenvalue weighted by molar-refractivity contribution is 4.27. The molecule has 0 saturated carbocycles. The van der Waals surface area contributed by atoms with Gasteiger partial charge in [-0.05, 0) is 0 Å². The molecule has 0 aromatic heterocycles. The Bertz CT molecular complexity index is 41.9. The quantitative estimate of drug-likeness (QED) is 0.319. The molecular formula is C3H10N2O2. The van der Waals surface area contributed by atoms with Crippen molar-refractivity contribution in [3.63, 3.8) is 0 Å². The van der Waals surface area contributed by atoms with Crippen LogP contribution < -0.4 is 5.59 Å². The second kappa shape index (κ2) is 4.01. The first-order valence-corrected chi connectivity index (χ1v) is 2.07. The van der Waals surface area contributed by atoms with Crippen molar-refractivity contribution in [2.45, 2.75) is 0 Å². The van der Waals surface area contributed by atoms with Crippen LogP contribution in [0.25, 0.3) is 0 Å². The predicted octanol–water partition coefficient (Wildman–Crippen LogP) is -2.11. The van der Waals surface area contributed by atoms with E-state index in [1.54, 1.807) is 7.05 Å². The molecule has 0 aliphatic heterocycles. The highest BCUT2D eigenvalue weighted by Crippen LogP contribution is 1.59. The van der Waals surface area contributed by atoms with Gasteiger partial charge in [-0.25, -0.2) is 0 Å². The standard InChI is InChI=1S/C3H10N2O2/c1-5(4-7)2-3-6/h6H,2-4H2,1H3. The minimum atomic E-state index is 0.0369. The summed E-state index contributed by atoms with van der Waals surface area (Å²) in [6, 6.07) is 0. The molecule has 0 rings (SSSR count). The number of likely N-dealkylation sites (N-methyl/N-ethyl adjacent to an activating group) is 1. The highest BCUT2D eigenvalue weighted by atomic mass is 16.5. The third kappa shape index (κ3) is 3.68. The first-order valence-electron chi connectivity index (χ1n) is 2.07. The van der Waals surface area contributed by atoms with Crippen LogP contribution >= 0.6 is 0 Å². The van der Waals surface area contributed by atoms with Crippen molar-refractivity contribution in [2.24, 2.45) is 0 Å². The average molecular weight is 106 g/mol. The summed E-state index contributed by atoms with van der Waals surface area (Å²) in [7, 11) is 1.61. The van der Waals surface area contributed by atoms with Gasteiger partial charge in [-0.3, -0.25) is 0 Å². The molecular weight excluding hydrogens is 96.0 g/mol. The van der Waals surface area contributed by atoms with Crippen molar-refractivity contribution in [2.75, 3.05) is 20.2 Å². The number of hydrogen-bond acceptors (Lipinski definition) is 3. The van der Waals surface area contributed by atoms with E-state index < -0.39 is 0 Å². The molecule has 0 aromatic carbocycles. The molecule has 0 atom stereocenters. The van der Waals surface area contributed by atoms with E-state index >= 15 is 0 Å². The van der Waals surface area contributed by atoms with Crippen LogP contribution in [0.2, 0.25) is 0 Å². The molecule has 0 fully saturated rings. The van der Waals surface area contributed by atoms with Gasteiger partial charge < -0.3 is 15.9 Å². The van der Waals surface area contributed by atoms with Crippen molar-refractivity contribution < 1.29 is 10.7 Å². The average Bonchev–Trinajstić information content (AvgIpc) is 1.68. The van der Waals surface area contributed by atoms with Crippen molar-refractivity contribution >= 4 is 0 Å². The van der Waals surface area contributed by atoms with Gasteiger partial charge in [0.15, 0.2) is 0 Å². The third-order valence-electron chi connectivity index (χ3n) is 0.633. The van der Waals surface area contributed by atoms with Gasteiger partial charge in [-0.2, -0.15) is 5.01 Å². The molecule has 0 amide bonds. The Labute approximate surface area is 42.3 Å². The van der Waals surface area contributed by atoms with Gasteiger partial charge in [0.25, 0.3) is 0 Å². The molecule has 0 heterocycles. The van der Waals surface area contributed by atoms with Gasteiger partial charge in [0.2, 0.25) is 0 Å². The van der Waals surface area contributed by atoms with Gasteiger partial charge in [-0.1, -0.05) is 0 Å². The highest BCUT2D eigenvalue weighted by Gasteiger charge is 1.88. The lowest BCUT2D eigenvalue weighted by atomic mass is 10.7. The predicted molar refractivity (Wildman–Crippen MR) is 25.0 cm³/mol. The van der Waals surface area contributed by atoms with Crippen molar-refractivity contribution in [1.82, 2.24) is 5.01 Å². The molecule has 0 bridgehead atoms. The maximum absolute atomic E-state index is 9.71. The fourth-order valence-corrected chi connectivity index (χ4v) is 0.210. The third-order valence-corrected chi connectivity index (χ3v) is 0.633. The molecule has 0 aliphatic carbocycles. The number of hydrogen-bond donors (Lipinski definition) is 2. The van der Waals surface area contributed by atoms with Crippen LogP contribution in [0.3, 0.4) is 0 Å². The molecule has 0 saturated heterocycles. The normalized spacial score (nSPS) is 10.3. The Kier molecular flexibility index (Phi) is 3.92. The fourth-order valence-electron chi connectivity index (χ4n) is 0.210. The van der Waals surface area contributed by atoms with E-state index in [2.05, 4.69) is 0 Å². The summed E-state index contributed by atoms with van der Waals surface area (Å²) in [5, 5.41) is 19.3. The SMILES string of the molecule is CN(CCO)[NH2+][O-]. The summed E-state index contributed by atoms with van der Waals surface area (Å²) in [5.41, 5.74) is 0.677. The van der Waals surface area contributed by atoms with Gasteiger partial charge in [0.1, 0.15) is 0 Å². The molecule has 3 N–H and O–H groups in total. The van der Waals surface area contributed by atoms with Crippen molar-refractivity contribution in [1.29, 1.82) is 0 Å². The van der Waals surface area contributed by atoms with Crippen molar-refractivity contribution in [3.05, 3.63) is 5.21 Å². The molecule has 0 aromatic rings. The van der Waals surface area contributed by atoms with E-state index in [9.17, 15) is 5.21 Å². The van der Waals surface area contributed by atoms with E-state index in [1.807, 2.05) is 0 Å². The van der Waals surface area contributed by atoms with Gasteiger partial charge in [-0.15, -0.1) is 0 Å². The van der Waals surface area contributed by atoms with Crippen molar-refractivity contribution in [3.8, 4) is 0 Å². The molecule has 0 spiro atoms. The first kappa shape index (κ1) is 6.84. The fraction of sp³-hybridized carbons (Fsp3) is 1.00. The Balaban J connectivity index is 2.83. The van der Waals surface area contributed by atoms with E-state index in [0.29, 0.717) is 12.1 Å². The summed E-state index contributed by atoms with van der Waals surface area (Å²) in [5.74, 6) is 0. The minimum absolute atomic E-state index is 0.0369. The first-order chi connectivity index (χ1) is 3.31. The zero-order chi connectivity index (χ0) is 5.70. The molecule has 4 heteroatoms. The number of nitrogens with zero attached hydrogens (tertiary/aromatic N) is 1. The van der Waals surface area contributed by atoms with Crippen LogP contribution in [0, 0.1) is 5.21 Å². The smallest absolute Gasteiger partial charge is 0.0705 e. The van der Waals surface area contributed by atoms with Crippen LogP contribution in [0.15, 0.2) is 0 Å². The molecule has 7 heavy (non-hydrogen) atoms. The summed E-state index contributed by atoms with van der Waals surface area (Å²) < 4.78 is 0. The van der Waals surface area contributed by atoms with Crippen LogP contribution in [0.1, 0.15) is 0 Å². The van der Waals surface area contributed by atoms with E-state index in [4.69, 9.17) is 5.11 Å². The molecule has 4 nitrogen and oxygen atoms in total. The van der Waals surface area contributed by atoms with Crippen LogP contribution in [-0.4, -0.2) is 30.3 Å². The Morgan fingerprint density at radius 3 is 2.57 bits per heavy atom. The molecule has 0 unspecified atom stereocenters. The maximum atomic E-state index is 9.71. The lowest BCUT2D eigenvalue weighted by Crippen LogP contribution is -2.87. The zero-order valence-electron chi connectivity index (χ0n) is 4.29. The number of nitrogens with two attached hydrogens (primary N) is 1. The van der Waals surface area contributed by atoms with E-state index in [0.717, 1.165) is 0 Å². The topological polar surface area (TPSA) is 63.1 Å². The van der Waals surface area contributed by atoms with Crippen LogP contribution in [-0.2, 0) is 0 Å². The van der Waals surface area contributed by atoms with Gasteiger partial charge in [0, 0.05) is 7.05 Å². The monoisotopic (exact) mass is 106 g/mol. The number of rotatable bonds is 3. The number of aliphatic hydroxyl groups excluding tert-OH is 1. The van der Waals surface area contributed by atoms with Gasteiger partial charge in [0.05, 0.1) is 13.2 Å².